The van der Waals surface area contributed by atoms with Gasteiger partial charge >= 0.3 is 0 Å². The summed E-state index contributed by atoms with van der Waals surface area (Å²) in [5.41, 5.74) is 0. The molecule has 0 aliphatic heterocycles. The Hall–Kier alpha value is -0.540. The number of benzene rings is 1. The topological polar surface area (TPSA) is 29.5 Å². The number of unbranched alkanes of at least 4 members (excludes halogenated alkanes) is 1. The maximum atomic E-state index is 9.56. The molecule has 1 rings (SSSR count). The lowest BCUT2D eigenvalue weighted by molar-refractivity contribution is 0.0980. The van der Waals surface area contributed by atoms with Crippen molar-refractivity contribution in [2.45, 2.75) is 32.3 Å². The van der Waals surface area contributed by atoms with Gasteiger partial charge in [0.2, 0.25) is 0 Å². The van der Waals surface area contributed by atoms with Gasteiger partial charge in [0.15, 0.2) is 0 Å². The second-order valence-electron chi connectivity index (χ2n) is 3.56. The molecular formula is C12H17BrO2. The van der Waals surface area contributed by atoms with Crippen LogP contribution in [0.2, 0.25) is 0 Å². The van der Waals surface area contributed by atoms with Gasteiger partial charge in [-0.1, -0.05) is 35.7 Å². The van der Waals surface area contributed by atoms with E-state index in [1.54, 1.807) is 0 Å². The van der Waals surface area contributed by atoms with E-state index in [1.807, 2.05) is 24.3 Å². The number of aliphatic hydroxyl groups excluding tert-OH is 1. The van der Waals surface area contributed by atoms with Crippen molar-refractivity contribution in [1.29, 1.82) is 0 Å². The molecule has 0 aliphatic rings. The first kappa shape index (κ1) is 12.5. The monoisotopic (exact) mass is 272 g/mol. The lowest BCUT2D eigenvalue weighted by Gasteiger charge is -2.11. The highest BCUT2D eigenvalue weighted by Crippen LogP contribution is 2.16. The summed E-state index contributed by atoms with van der Waals surface area (Å²) in [5, 5.41) is 9.56. The van der Waals surface area contributed by atoms with Gasteiger partial charge in [-0.15, -0.1) is 0 Å². The molecule has 1 atom stereocenters. The van der Waals surface area contributed by atoms with Gasteiger partial charge in [0.1, 0.15) is 12.4 Å². The number of halogens is 1. The Labute approximate surface area is 99.4 Å². The van der Waals surface area contributed by atoms with Gasteiger partial charge in [-0.05, 0) is 30.7 Å². The fourth-order valence-electron chi connectivity index (χ4n) is 1.25. The van der Waals surface area contributed by atoms with Crippen LogP contribution in [-0.4, -0.2) is 17.8 Å². The molecule has 0 saturated heterocycles. The van der Waals surface area contributed by atoms with Crippen LogP contribution in [0.25, 0.3) is 0 Å². The highest BCUT2D eigenvalue weighted by atomic mass is 79.9. The van der Waals surface area contributed by atoms with Crippen molar-refractivity contribution >= 4 is 15.9 Å². The Kier molecular flexibility index (Phi) is 5.73. The fraction of sp³-hybridized carbons (Fsp3) is 0.500. The highest BCUT2D eigenvalue weighted by molar-refractivity contribution is 9.10. The average Bonchev–Trinajstić information content (AvgIpc) is 2.25. The standard InChI is InChI=1S/C12H17BrO2/c1-2-3-4-11(14)9-15-12-7-5-10(13)6-8-12/h5-8,11,14H,2-4,9H2,1H3/t11-/m0/s1. The smallest absolute Gasteiger partial charge is 0.119 e. The second-order valence-corrected chi connectivity index (χ2v) is 4.48. The number of hydrogen-bond donors (Lipinski definition) is 1. The Balaban J connectivity index is 2.27. The molecule has 0 spiro atoms. The van der Waals surface area contributed by atoms with Crippen LogP contribution in [0.3, 0.4) is 0 Å². The molecule has 0 unspecified atom stereocenters. The summed E-state index contributed by atoms with van der Waals surface area (Å²) < 4.78 is 6.48. The first-order valence-electron chi connectivity index (χ1n) is 5.28. The molecule has 0 amide bonds. The van der Waals surface area contributed by atoms with Gasteiger partial charge in [-0.2, -0.15) is 0 Å². The maximum Gasteiger partial charge on any atom is 0.119 e. The van der Waals surface area contributed by atoms with Crippen LogP contribution in [0.15, 0.2) is 28.7 Å². The molecule has 1 N–H and O–H groups in total. The first-order valence-corrected chi connectivity index (χ1v) is 6.08. The van der Waals surface area contributed by atoms with E-state index in [4.69, 9.17) is 4.74 Å². The molecule has 0 bridgehead atoms. The van der Waals surface area contributed by atoms with Crippen molar-refractivity contribution in [2.75, 3.05) is 6.61 Å². The summed E-state index contributed by atoms with van der Waals surface area (Å²) in [4.78, 5) is 0. The molecule has 0 saturated carbocycles. The maximum absolute atomic E-state index is 9.56. The molecule has 0 heterocycles. The van der Waals surface area contributed by atoms with E-state index < -0.39 is 0 Å². The quantitative estimate of drug-likeness (QED) is 0.861. The zero-order valence-electron chi connectivity index (χ0n) is 8.95. The predicted octanol–water partition coefficient (Wildman–Crippen LogP) is 3.38. The van der Waals surface area contributed by atoms with Gasteiger partial charge in [0.05, 0.1) is 6.10 Å². The van der Waals surface area contributed by atoms with Crippen molar-refractivity contribution in [3.8, 4) is 5.75 Å². The average molecular weight is 273 g/mol. The number of hydrogen-bond acceptors (Lipinski definition) is 2. The SMILES string of the molecule is CCCC[C@H](O)COc1ccc(Br)cc1. The molecule has 0 aliphatic carbocycles. The van der Waals surface area contributed by atoms with Crippen LogP contribution < -0.4 is 4.74 Å². The van der Waals surface area contributed by atoms with E-state index in [2.05, 4.69) is 22.9 Å². The summed E-state index contributed by atoms with van der Waals surface area (Å²) in [6, 6.07) is 7.62. The lowest BCUT2D eigenvalue weighted by atomic mass is 10.2. The van der Waals surface area contributed by atoms with Crippen LogP contribution in [-0.2, 0) is 0 Å². The Morgan fingerprint density at radius 3 is 2.60 bits per heavy atom. The van der Waals surface area contributed by atoms with Crippen LogP contribution in [0.5, 0.6) is 5.75 Å². The summed E-state index contributed by atoms with van der Waals surface area (Å²) in [7, 11) is 0. The molecular weight excluding hydrogens is 256 g/mol. The van der Waals surface area contributed by atoms with E-state index in [9.17, 15) is 5.11 Å². The minimum absolute atomic E-state index is 0.353. The lowest BCUT2D eigenvalue weighted by Crippen LogP contribution is -2.17. The molecule has 0 fully saturated rings. The van der Waals surface area contributed by atoms with Crippen molar-refractivity contribution < 1.29 is 9.84 Å². The van der Waals surface area contributed by atoms with Crippen LogP contribution in [0, 0.1) is 0 Å². The molecule has 0 radical (unpaired) electrons. The molecule has 84 valence electrons. The largest absolute Gasteiger partial charge is 0.491 e. The van der Waals surface area contributed by atoms with Crippen LogP contribution >= 0.6 is 15.9 Å². The van der Waals surface area contributed by atoms with Crippen LogP contribution in [0.1, 0.15) is 26.2 Å². The number of rotatable bonds is 6. The Morgan fingerprint density at radius 2 is 2.00 bits per heavy atom. The Morgan fingerprint density at radius 1 is 1.33 bits per heavy atom. The first-order chi connectivity index (χ1) is 7.22. The van der Waals surface area contributed by atoms with Crippen molar-refractivity contribution in [2.24, 2.45) is 0 Å². The third-order valence-electron chi connectivity index (χ3n) is 2.15. The van der Waals surface area contributed by atoms with E-state index >= 15 is 0 Å². The molecule has 1 aromatic rings. The highest BCUT2D eigenvalue weighted by Gasteiger charge is 2.04. The van der Waals surface area contributed by atoms with E-state index in [0.717, 1.165) is 29.5 Å². The molecule has 3 heteroatoms. The minimum atomic E-state index is -0.353. The van der Waals surface area contributed by atoms with Crippen molar-refractivity contribution in [3.05, 3.63) is 28.7 Å². The summed E-state index contributed by atoms with van der Waals surface area (Å²) >= 11 is 3.35. The van der Waals surface area contributed by atoms with E-state index in [1.165, 1.54) is 0 Å². The van der Waals surface area contributed by atoms with E-state index in [-0.39, 0.29) is 6.10 Å². The van der Waals surface area contributed by atoms with Gasteiger partial charge in [0.25, 0.3) is 0 Å². The van der Waals surface area contributed by atoms with Gasteiger partial charge < -0.3 is 9.84 Å². The van der Waals surface area contributed by atoms with Gasteiger partial charge in [-0.25, -0.2) is 0 Å². The van der Waals surface area contributed by atoms with Crippen molar-refractivity contribution in [1.82, 2.24) is 0 Å². The molecule has 0 aromatic heterocycles. The minimum Gasteiger partial charge on any atom is -0.491 e. The summed E-state index contributed by atoms with van der Waals surface area (Å²) in [6.45, 7) is 2.49. The van der Waals surface area contributed by atoms with Gasteiger partial charge in [0, 0.05) is 4.47 Å². The Bertz CT molecular complexity index is 271. The van der Waals surface area contributed by atoms with Crippen LogP contribution in [0.4, 0.5) is 0 Å². The number of aliphatic hydroxyl groups is 1. The summed E-state index contributed by atoms with van der Waals surface area (Å²) in [5.74, 6) is 0.800. The normalized spacial score (nSPS) is 12.5. The van der Waals surface area contributed by atoms with Gasteiger partial charge in [-0.3, -0.25) is 0 Å². The zero-order chi connectivity index (χ0) is 11.1. The molecule has 2 nitrogen and oxygen atoms in total. The third-order valence-corrected chi connectivity index (χ3v) is 2.68. The molecule has 15 heavy (non-hydrogen) atoms. The third kappa shape index (κ3) is 5.19. The number of ether oxygens (including phenoxy) is 1. The zero-order valence-corrected chi connectivity index (χ0v) is 10.5. The van der Waals surface area contributed by atoms with Crippen molar-refractivity contribution in [3.63, 3.8) is 0 Å². The molecule has 1 aromatic carbocycles. The second kappa shape index (κ2) is 6.85. The summed E-state index contributed by atoms with van der Waals surface area (Å²) in [6.07, 6.45) is 2.61. The fourth-order valence-corrected chi connectivity index (χ4v) is 1.51. The predicted molar refractivity (Wildman–Crippen MR) is 65.2 cm³/mol. The van der Waals surface area contributed by atoms with E-state index in [0.29, 0.717) is 6.61 Å².